The van der Waals surface area contributed by atoms with Gasteiger partial charge in [0.2, 0.25) is 0 Å². The van der Waals surface area contributed by atoms with E-state index in [2.05, 4.69) is 20.4 Å². The van der Waals surface area contributed by atoms with Crippen molar-refractivity contribution in [1.29, 1.82) is 0 Å². The van der Waals surface area contributed by atoms with E-state index in [4.69, 9.17) is 9.47 Å². The third-order valence-corrected chi connectivity index (χ3v) is 6.80. The number of fused-ring (bicyclic) bond motifs is 2. The molecule has 210 valence electrons. The van der Waals surface area contributed by atoms with Crippen LogP contribution < -0.4 is 10.1 Å². The minimum atomic E-state index is -4.60. The number of hydrogen-bond acceptors (Lipinski definition) is 7. The maximum Gasteiger partial charge on any atom is 0.410 e. The summed E-state index contributed by atoms with van der Waals surface area (Å²) in [6.45, 7) is 6.61. The molecule has 1 saturated carbocycles. The number of alkyl halides is 3. The van der Waals surface area contributed by atoms with Gasteiger partial charge in [-0.05, 0) is 39.5 Å². The molecule has 1 saturated heterocycles. The highest BCUT2D eigenvalue weighted by molar-refractivity contribution is 5.80. The van der Waals surface area contributed by atoms with Crippen molar-refractivity contribution in [3.05, 3.63) is 35.8 Å². The van der Waals surface area contributed by atoms with Crippen molar-refractivity contribution in [2.24, 2.45) is 17.8 Å². The Bertz CT molecular complexity index is 1380. The summed E-state index contributed by atoms with van der Waals surface area (Å²) in [7, 11) is 0. The van der Waals surface area contributed by atoms with Crippen LogP contribution in [0.4, 0.5) is 32.6 Å². The van der Waals surface area contributed by atoms with Crippen molar-refractivity contribution in [1.82, 2.24) is 24.5 Å². The Labute approximate surface area is 220 Å². The molecule has 39 heavy (non-hydrogen) atoms. The highest BCUT2D eigenvalue weighted by atomic mass is 19.4. The van der Waals surface area contributed by atoms with E-state index in [-0.39, 0.29) is 59.1 Å². The van der Waals surface area contributed by atoms with Crippen LogP contribution in [-0.4, -0.2) is 68.6 Å². The number of nitrogens with zero attached hydrogens (tertiary/aromatic N) is 5. The standard InChI is InChI=1S/C25H27F5N6O3/c1-12-19(21(31-10-25(28,29)30)36-22(34-12)32-11-33-36)20-17(26)5-13(6-18(20)27)38-9-16-14-7-35(8-15(14)16)23(37)39-24(2,3)4/h5-6,11,14-16,31H,7-10H2,1-4H3. The van der Waals surface area contributed by atoms with E-state index >= 15 is 8.78 Å². The van der Waals surface area contributed by atoms with E-state index in [1.165, 1.54) is 6.92 Å². The fraction of sp³-hybridized carbons (Fsp3) is 0.520. The number of nitrogens with one attached hydrogen (secondary N) is 1. The largest absolute Gasteiger partial charge is 0.493 e. The van der Waals surface area contributed by atoms with Gasteiger partial charge in [-0.2, -0.15) is 27.8 Å². The first-order valence-corrected chi connectivity index (χ1v) is 12.3. The van der Waals surface area contributed by atoms with Gasteiger partial charge in [0.1, 0.15) is 41.7 Å². The van der Waals surface area contributed by atoms with Crippen molar-refractivity contribution in [3.63, 3.8) is 0 Å². The summed E-state index contributed by atoms with van der Waals surface area (Å²) in [5.41, 5.74) is -1.30. The number of carbonyl (C=O) groups is 1. The number of rotatable bonds is 6. The quantitative estimate of drug-likeness (QED) is 0.436. The monoisotopic (exact) mass is 554 g/mol. The van der Waals surface area contributed by atoms with Gasteiger partial charge in [0.15, 0.2) is 0 Å². The number of hydrogen-bond donors (Lipinski definition) is 1. The zero-order valence-corrected chi connectivity index (χ0v) is 21.6. The number of anilines is 1. The van der Waals surface area contributed by atoms with Gasteiger partial charge in [0.05, 0.1) is 23.4 Å². The van der Waals surface area contributed by atoms with Crippen LogP contribution in [0.5, 0.6) is 5.75 Å². The van der Waals surface area contributed by atoms with Crippen molar-refractivity contribution < 1.29 is 36.2 Å². The van der Waals surface area contributed by atoms with Gasteiger partial charge in [-0.15, -0.1) is 0 Å². The summed E-state index contributed by atoms with van der Waals surface area (Å²) in [6.07, 6.45) is -3.89. The summed E-state index contributed by atoms with van der Waals surface area (Å²) >= 11 is 0. The highest BCUT2D eigenvalue weighted by Gasteiger charge is 2.57. The van der Waals surface area contributed by atoms with Crippen LogP contribution in [0.1, 0.15) is 26.5 Å². The van der Waals surface area contributed by atoms with Crippen molar-refractivity contribution in [2.45, 2.75) is 39.5 Å². The average Bonchev–Trinajstić information content (AvgIpc) is 3.14. The second-order valence-electron chi connectivity index (χ2n) is 10.8. The Morgan fingerprint density at radius 3 is 2.33 bits per heavy atom. The summed E-state index contributed by atoms with van der Waals surface area (Å²) < 4.78 is 81.5. The second kappa shape index (κ2) is 9.49. The number of aryl methyl sites for hydroxylation is 1. The zero-order valence-electron chi connectivity index (χ0n) is 21.6. The molecule has 5 rings (SSSR count). The number of piperidine rings is 1. The van der Waals surface area contributed by atoms with Gasteiger partial charge in [-0.25, -0.2) is 18.6 Å². The Kier molecular flexibility index (Phi) is 6.54. The average molecular weight is 555 g/mol. The molecular formula is C25H27F5N6O3. The van der Waals surface area contributed by atoms with Crippen LogP contribution in [-0.2, 0) is 4.74 Å². The zero-order chi connectivity index (χ0) is 28.3. The minimum Gasteiger partial charge on any atom is -0.493 e. The van der Waals surface area contributed by atoms with Crippen LogP contribution in [0.25, 0.3) is 16.9 Å². The summed E-state index contributed by atoms with van der Waals surface area (Å²) in [5, 5.41) is 6.03. The molecule has 2 unspecified atom stereocenters. The van der Waals surface area contributed by atoms with Crippen molar-refractivity contribution in [3.8, 4) is 16.9 Å². The topological polar surface area (TPSA) is 93.9 Å². The molecule has 1 N–H and O–H groups in total. The first-order chi connectivity index (χ1) is 18.2. The molecule has 1 aliphatic heterocycles. The van der Waals surface area contributed by atoms with E-state index in [1.54, 1.807) is 25.7 Å². The molecule has 2 aliphatic rings. The van der Waals surface area contributed by atoms with Crippen LogP contribution in [0.3, 0.4) is 0 Å². The lowest BCUT2D eigenvalue weighted by atomic mass is 10.0. The van der Waals surface area contributed by atoms with E-state index in [9.17, 15) is 18.0 Å². The number of amides is 1. The number of halogens is 5. The predicted octanol–water partition coefficient (Wildman–Crippen LogP) is 4.84. The summed E-state index contributed by atoms with van der Waals surface area (Å²) in [5.74, 6) is -1.86. The molecule has 14 heteroatoms. The second-order valence-corrected chi connectivity index (χ2v) is 10.8. The highest BCUT2D eigenvalue weighted by Crippen LogP contribution is 2.52. The van der Waals surface area contributed by atoms with Crippen LogP contribution in [0, 0.1) is 36.3 Å². The Hall–Kier alpha value is -3.71. The van der Waals surface area contributed by atoms with Gasteiger partial charge in [-0.3, -0.25) is 0 Å². The molecule has 0 spiro atoms. The molecular weight excluding hydrogens is 527 g/mol. The number of aromatic nitrogens is 4. The van der Waals surface area contributed by atoms with Crippen LogP contribution in [0.2, 0.25) is 0 Å². The first-order valence-electron chi connectivity index (χ1n) is 12.3. The maximum absolute atomic E-state index is 15.3. The predicted molar refractivity (Wildman–Crippen MR) is 129 cm³/mol. The Morgan fingerprint density at radius 2 is 1.74 bits per heavy atom. The minimum absolute atomic E-state index is 0.0260. The normalized spacial score (nSPS) is 20.7. The van der Waals surface area contributed by atoms with Gasteiger partial charge >= 0.3 is 12.3 Å². The van der Waals surface area contributed by atoms with E-state index < -0.39 is 35.5 Å². The van der Waals surface area contributed by atoms with E-state index in [0.29, 0.717) is 13.1 Å². The first kappa shape index (κ1) is 26.9. The van der Waals surface area contributed by atoms with Gasteiger partial charge in [-0.1, -0.05) is 0 Å². The lowest BCUT2D eigenvalue weighted by Crippen LogP contribution is -2.37. The fourth-order valence-corrected chi connectivity index (χ4v) is 5.04. The number of ether oxygens (including phenoxy) is 2. The molecule has 2 aromatic heterocycles. The number of carbonyl (C=O) groups excluding carboxylic acids is 1. The molecule has 3 aromatic rings. The molecule has 1 aliphatic carbocycles. The van der Waals surface area contributed by atoms with Crippen molar-refractivity contribution >= 4 is 17.7 Å². The molecule has 2 fully saturated rings. The van der Waals surface area contributed by atoms with Crippen LogP contribution >= 0.6 is 0 Å². The summed E-state index contributed by atoms with van der Waals surface area (Å²) in [6, 6.07) is 1.98. The molecule has 1 amide bonds. The fourth-order valence-electron chi connectivity index (χ4n) is 5.04. The van der Waals surface area contributed by atoms with E-state index in [1.807, 2.05) is 0 Å². The number of likely N-dealkylation sites (tertiary alicyclic amines) is 1. The lowest BCUT2D eigenvalue weighted by molar-refractivity contribution is -0.115. The molecule has 0 radical (unpaired) electrons. The smallest absolute Gasteiger partial charge is 0.410 e. The molecule has 1 aromatic carbocycles. The summed E-state index contributed by atoms with van der Waals surface area (Å²) in [4.78, 5) is 21.9. The maximum atomic E-state index is 15.3. The third kappa shape index (κ3) is 5.55. The number of benzene rings is 1. The molecule has 3 heterocycles. The Balaban J connectivity index is 1.31. The molecule has 2 atom stereocenters. The van der Waals surface area contributed by atoms with E-state index in [0.717, 1.165) is 23.0 Å². The third-order valence-electron chi connectivity index (χ3n) is 6.80. The van der Waals surface area contributed by atoms with Gasteiger partial charge in [0, 0.05) is 31.1 Å². The van der Waals surface area contributed by atoms with Gasteiger partial charge in [0.25, 0.3) is 5.78 Å². The van der Waals surface area contributed by atoms with Gasteiger partial charge < -0.3 is 19.7 Å². The SMILES string of the molecule is Cc1nc2ncnn2c(NCC(F)(F)F)c1-c1c(F)cc(OCC2C3CN(C(=O)OC(C)(C)C)CC23)cc1F. The molecule has 9 nitrogen and oxygen atoms in total. The van der Waals surface area contributed by atoms with Crippen molar-refractivity contribution in [2.75, 3.05) is 31.6 Å². The molecule has 0 bridgehead atoms. The van der Waals surface area contributed by atoms with Crippen LogP contribution in [0.15, 0.2) is 18.5 Å². The lowest BCUT2D eigenvalue weighted by Gasteiger charge is -2.26. The Morgan fingerprint density at radius 1 is 1.10 bits per heavy atom.